The van der Waals surface area contributed by atoms with Gasteiger partial charge in [-0.05, 0) is 56.7 Å². The molecule has 1 aromatic heterocycles. The summed E-state index contributed by atoms with van der Waals surface area (Å²) in [5.74, 6) is 0.688. The fourth-order valence-electron chi connectivity index (χ4n) is 4.76. The molecule has 8 heteroatoms. The lowest BCUT2D eigenvalue weighted by Gasteiger charge is -2.33. The number of pyridine rings is 1. The summed E-state index contributed by atoms with van der Waals surface area (Å²) in [4.78, 5) is 31.3. The minimum absolute atomic E-state index is 0.139. The molecule has 2 aliphatic rings. The molecular formula is C28H32N4O2S2. The Morgan fingerprint density at radius 3 is 2.44 bits per heavy atom. The Balaban J connectivity index is 1.80. The van der Waals surface area contributed by atoms with Gasteiger partial charge in [0.05, 0.1) is 11.4 Å². The van der Waals surface area contributed by atoms with Gasteiger partial charge in [0.1, 0.15) is 21.8 Å². The summed E-state index contributed by atoms with van der Waals surface area (Å²) in [6.07, 6.45) is 6.91. The number of piperidine rings is 1. The molecule has 188 valence electrons. The van der Waals surface area contributed by atoms with Crippen LogP contribution in [0, 0.1) is 25.2 Å². The van der Waals surface area contributed by atoms with Crippen molar-refractivity contribution in [3.05, 3.63) is 67.3 Å². The number of aryl methyl sites for hydroxylation is 1. The molecule has 3 heterocycles. The van der Waals surface area contributed by atoms with Crippen molar-refractivity contribution in [3.63, 3.8) is 0 Å². The Morgan fingerprint density at radius 1 is 1.11 bits per heavy atom. The van der Waals surface area contributed by atoms with Crippen LogP contribution >= 0.6 is 24.0 Å². The molecule has 2 aliphatic heterocycles. The third-order valence-corrected chi connectivity index (χ3v) is 8.23. The highest BCUT2D eigenvalue weighted by Crippen LogP contribution is 2.37. The normalized spacial score (nSPS) is 17.2. The fraction of sp³-hybridized carbons (Fsp3) is 0.429. The highest BCUT2D eigenvalue weighted by atomic mass is 32.2. The molecule has 2 fully saturated rings. The van der Waals surface area contributed by atoms with Crippen molar-refractivity contribution in [2.45, 2.75) is 66.0 Å². The molecule has 0 bridgehead atoms. The van der Waals surface area contributed by atoms with Crippen molar-refractivity contribution in [2.24, 2.45) is 0 Å². The first-order valence-electron chi connectivity index (χ1n) is 12.6. The van der Waals surface area contributed by atoms with E-state index in [4.69, 9.17) is 12.2 Å². The summed E-state index contributed by atoms with van der Waals surface area (Å²) in [5.41, 5.74) is 3.49. The highest BCUT2D eigenvalue weighted by Gasteiger charge is 2.33. The van der Waals surface area contributed by atoms with Crippen LogP contribution in [-0.4, -0.2) is 32.8 Å². The number of hydrogen-bond donors (Lipinski definition) is 0. The van der Waals surface area contributed by atoms with Crippen LogP contribution in [0.3, 0.4) is 0 Å². The molecule has 4 rings (SSSR count). The molecule has 0 saturated carbocycles. The van der Waals surface area contributed by atoms with E-state index < -0.39 is 0 Å². The summed E-state index contributed by atoms with van der Waals surface area (Å²) in [5, 5.41) is 9.86. The van der Waals surface area contributed by atoms with Crippen LogP contribution in [0.5, 0.6) is 0 Å². The van der Waals surface area contributed by atoms with Gasteiger partial charge >= 0.3 is 0 Å². The van der Waals surface area contributed by atoms with Gasteiger partial charge in [-0.2, -0.15) is 5.26 Å². The van der Waals surface area contributed by atoms with Gasteiger partial charge in [-0.3, -0.25) is 19.1 Å². The second-order valence-electron chi connectivity index (χ2n) is 9.46. The van der Waals surface area contributed by atoms with Gasteiger partial charge in [-0.25, -0.2) is 0 Å². The van der Waals surface area contributed by atoms with E-state index in [1.165, 1.54) is 11.8 Å². The van der Waals surface area contributed by atoms with E-state index in [1.54, 1.807) is 9.47 Å². The molecule has 36 heavy (non-hydrogen) atoms. The Bertz CT molecular complexity index is 1300. The molecule has 0 radical (unpaired) electrons. The predicted octanol–water partition coefficient (Wildman–Crippen LogP) is 5.53. The largest absolute Gasteiger partial charge is 0.357 e. The standard InChI is InChI=1S/C28H32N4O2S2/c1-4-5-15-31-25(30-13-7-6-8-14-30)22(20(3)23(17-29)26(31)33)16-24-27(34)32(28(35)36-24)18-21-11-9-19(2)10-12-21/h9-12,16H,4-8,13-15,18H2,1-3H3. The third-order valence-electron chi connectivity index (χ3n) is 6.85. The Morgan fingerprint density at radius 2 is 1.81 bits per heavy atom. The quantitative estimate of drug-likeness (QED) is 0.353. The summed E-state index contributed by atoms with van der Waals surface area (Å²) >= 11 is 6.87. The number of nitriles is 1. The van der Waals surface area contributed by atoms with Crippen LogP contribution in [0.15, 0.2) is 34.0 Å². The lowest BCUT2D eigenvalue weighted by atomic mass is 10.0. The average Bonchev–Trinajstić information content (AvgIpc) is 3.14. The minimum atomic E-state index is -0.243. The van der Waals surface area contributed by atoms with E-state index in [-0.39, 0.29) is 17.0 Å². The summed E-state index contributed by atoms with van der Waals surface area (Å²) in [6, 6.07) is 10.2. The molecule has 0 spiro atoms. The van der Waals surface area contributed by atoms with E-state index in [0.29, 0.717) is 27.9 Å². The Labute approximate surface area is 222 Å². The van der Waals surface area contributed by atoms with Crippen molar-refractivity contribution >= 4 is 46.1 Å². The number of thioether (sulfide) groups is 1. The first-order chi connectivity index (χ1) is 17.3. The van der Waals surface area contributed by atoms with Gasteiger partial charge in [0.2, 0.25) is 0 Å². The molecule has 1 amide bonds. The molecule has 1 aromatic carbocycles. The smallest absolute Gasteiger partial charge is 0.270 e. The molecule has 0 N–H and O–H groups in total. The molecule has 0 unspecified atom stereocenters. The monoisotopic (exact) mass is 520 g/mol. The Hall–Kier alpha value is -2.89. The van der Waals surface area contributed by atoms with Gasteiger partial charge in [0.25, 0.3) is 11.5 Å². The average molecular weight is 521 g/mol. The number of rotatable bonds is 7. The first kappa shape index (κ1) is 26.2. The van der Waals surface area contributed by atoms with Crippen LogP contribution in [0.2, 0.25) is 0 Å². The van der Waals surface area contributed by atoms with Crippen molar-refractivity contribution in [2.75, 3.05) is 18.0 Å². The van der Waals surface area contributed by atoms with Crippen LogP contribution in [0.25, 0.3) is 6.08 Å². The zero-order chi connectivity index (χ0) is 25.8. The van der Waals surface area contributed by atoms with Crippen LogP contribution < -0.4 is 10.5 Å². The zero-order valence-electron chi connectivity index (χ0n) is 21.2. The number of unbranched alkanes of at least 4 members (excludes halogenated alkanes) is 1. The van der Waals surface area contributed by atoms with E-state index in [1.807, 2.05) is 44.2 Å². The SMILES string of the molecule is CCCCn1c(N2CCCCC2)c(C=C2SC(=S)N(Cc3ccc(C)cc3)C2=O)c(C)c(C#N)c1=O. The second-order valence-corrected chi connectivity index (χ2v) is 11.1. The number of anilines is 1. The maximum atomic E-state index is 13.5. The van der Waals surface area contributed by atoms with E-state index >= 15 is 0 Å². The lowest BCUT2D eigenvalue weighted by molar-refractivity contribution is -0.122. The fourth-order valence-corrected chi connectivity index (χ4v) is 5.99. The van der Waals surface area contributed by atoms with Crippen LogP contribution in [0.4, 0.5) is 5.82 Å². The van der Waals surface area contributed by atoms with Gasteiger partial charge in [0.15, 0.2) is 0 Å². The molecule has 0 aliphatic carbocycles. The summed E-state index contributed by atoms with van der Waals surface area (Å²) in [7, 11) is 0. The molecule has 2 aromatic rings. The number of aromatic nitrogens is 1. The predicted molar refractivity (Wildman–Crippen MR) is 151 cm³/mol. The lowest BCUT2D eigenvalue weighted by Crippen LogP contribution is -2.37. The first-order valence-corrected chi connectivity index (χ1v) is 13.8. The van der Waals surface area contributed by atoms with Gasteiger partial charge in [-0.1, -0.05) is 67.2 Å². The number of carbonyl (C=O) groups is 1. The minimum Gasteiger partial charge on any atom is -0.357 e. The Kier molecular flexibility index (Phi) is 8.32. The van der Waals surface area contributed by atoms with Crippen molar-refractivity contribution in [3.8, 4) is 6.07 Å². The zero-order valence-corrected chi connectivity index (χ0v) is 22.8. The third kappa shape index (κ3) is 5.28. The number of thiocarbonyl (C=S) groups is 1. The number of carbonyl (C=O) groups excluding carboxylic acids is 1. The number of hydrogen-bond acceptors (Lipinski definition) is 6. The van der Waals surface area contributed by atoms with Gasteiger partial charge in [-0.15, -0.1) is 0 Å². The molecule has 0 atom stereocenters. The summed E-state index contributed by atoms with van der Waals surface area (Å²) in [6.45, 7) is 8.61. The highest BCUT2D eigenvalue weighted by molar-refractivity contribution is 8.26. The molecule has 2 saturated heterocycles. The van der Waals surface area contributed by atoms with Gasteiger partial charge in [0, 0.05) is 25.2 Å². The van der Waals surface area contributed by atoms with Crippen molar-refractivity contribution < 1.29 is 4.79 Å². The van der Waals surface area contributed by atoms with E-state index in [0.717, 1.165) is 67.7 Å². The van der Waals surface area contributed by atoms with Crippen LogP contribution in [0.1, 0.15) is 66.8 Å². The molecular weight excluding hydrogens is 488 g/mol. The van der Waals surface area contributed by atoms with E-state index in [9.17, 15) is 14.9 Å². The maximum Gasteiger partial charge on any atom is 0.270 e. The van der Waals surface area contributed by atoms with Crippen LogP contribution in [-0.2, 0) is 17.9 Å². The van der Waals surface area contributed by atoms with Crippen molar-refractivity contribution in [1.82, 2.24) is 9.47 Å². The number of amides is 1. The number of nitrogens with zero attached hydrogens (tertiary/aromatic N) is 4. The second kappa shape index (κ2) is 11.4. The van der Waals surface area contributed by atoms with Gasteiger partial charge < -0.3 is 4.90 Å². The number of benzene rings is 1. The summed E-state index contributed by atoms with van der Waals surface area (Å²) < 4.78 is 2.28. The maximum absolute atomic E-state index is 13.5. The molecule has 6 nitrogen and oxygen atoms in total. The topological polar surface area (TPSA) is 69.3 Å². The van der Waals surface area contributed by atoms with Crippen molar-refractivity contribution in [1.29, 1.82) is 5.26 Å². The van der Waals surface area contributed by atoms with E-state index in [2.05, 4.69) is 17.9 Å².